The number of nitrogens with one attached hydrogen (secondary N) is 1. The van der Waals surface area contributed by atoms with Crippen LogP contribution in [0.15, 0.2) is 72.9 Å². The molecule has 0 aromatic heterocycles. The molecule has 0 heterocycles. The molecular weight excluding hydrogens is 356 g/mol. The van der Waals surface area contributed by atoms with Crippen molar-refractivity contribution in [1.82, 2.24) is 5.43 Å². The largest absolute Gasteiger partial charge is 0.490 e. The molecule has 0 aliphatic heterocycles. The van der Waals surface area contributed by atoms with Crippen LogP contribution in [0.4, 0.5) is 0 Å². The van der Waals surface area contributed by atoms with Crippen LogP contribution in [0.2, 0.25) is 0 Å². The fourth-order valence-electron chi connectivity index (χ4n) is 2.28. The Balaban J connectivity index is 2.08. The zero-order valence-corrected chi connectivity index (χ0v) is 15.9. The zero-order chi connectivity index (χ0) is 20.2. The molecular formula is C22H24N2O4. The number of benzene rings is 2. The Labute approximate surface area is 165 Å². The van der Waals surface area contributed by atoms with Crippen molar-refractivity contribution in [2.45, 2.75) is 6.92 Å². The Morgan fingerprint density at radius 3 is 2.43 bits per heavy atom. The summed E-state index contributed by atoms with van der Waals surface area (Å²) in [5.41, 5.74) is 3.65. The standard InChI is InChI=1S/C22H24N2O4/c1-4-13-27-19-10-8-7-9-18(19)16-23-24-22(25)17-11-12-20(28-14-5-2)21(15-17)26-6-3/h4-5,7-12,15-16H,1-2,6,13-14H2,3H3,(H,24,25)/b23-16+. The minimum Gasteiger partial charge on any atom is -0.490 e. The number of carbonyl (C=O) groups excluding carboxylic acids is 1. The number of hydrogen-bond acceptors (Lipinski definition) is 5. The van der Waals surface area contributed by atoms with Gasteiger partial charge < -0.3 is 14.2 Å². The molecule has 146 valence electrons. The van der Waals surface area contributed by atoms with Gasteiger partial charge in [0.15, 0.2) is 11.5 Å². The zero-order valence-electron chi connectivity index (χ0n) is 15.9. The highest BCUT2D eigenvalue weighted by atomic mass is 16.5. The van der Waals surface area contributed by atoms with Crippen molar-refractivity contribution in [3.63, 3.8) is 0 Å². The second-order valence-electron chi connectivity index (χ2n) is 5.53. The summed E-state index contributed by atoms with van der Waals surface area (Å²) in [6.45, 7) is 10.3. The van der Waals surface area contributed by atoms with Crippen LogP contribution in [0.5, 0.6) is 17.2 Å². The Morgan fingerprint density at radius 1 is 1.00 bits per heavy atom. The van der Waals surface area contributed by atoms with E-state index in [1.807, 2.05) is 31.2 Å². The summed E-state index contributed by atoms with van der Waals surface area (Å²) in [5, 5.41) is 4.02. The van der Waals surface area contributed by atoms with Crippen molar-refractivity contribution in [2.24, 2.45) is 5.10 Å². The average Bonchev–Trinajstić information content (AvgIpc) is 2.72. The van der Waals surface area contributed by atoms with E-state index in [2.05, 4.69) is 23.7 Å². The van der Waals surface area contributed by atoms with Gasteiger partial charge in [0.05, 0.1) is 12.8 Å². The van der Waals surface area contributed by atoms with Gasteiger partial charge in [-0.15, -0.1) is 0 Å². The maximum absolute atomic E-state index is 12.4. The molecule has 0 aliphatic carbocycles. The van der Waals surface area contributed by atoms with E-state index in [0.717, 1.165) is 5.56 Å². The lowest BCUT2D eigenvalue weighted by molar-refractivity contribution is 0.0954. The Hall–Kier alpha value is -3.54. The minimum absolute atomic E-state index is 0.350. The smallest absolute Gasteiger partial charge is 0.271 e. The number of para-hydroxylation sites is 1. The quantitative estimate of drug-likeness (QED) is 0.364. The van der Waals surface area contributed by atoms with E-state index >= 15 is 0 Å². The van der Waals surface area contributed by atoms with Crippen molar-refractivity contribution in [3.05, 3.63) is 78.9 Å². The molecule has 6 nitrogen and oxygen atoms in total. The first-order valence-corrected chi connectivity index (χ1v) is 8.86. The van der Waals surface area contributed by atoms with Crippen LogP contribution in [0.1, 0.15) is 22.8 Å². The fraction of sp³-hybridized carbons (Fsp3) is 0.182. The molecule has 6 heteroatoms. The van der Waals surface area contributed by atoms with Gasteiger partial charge in [0.25, 0.3) is 5.91 Å². The number of amides is 1. The third-order valence-corrected chi connectivity index (χ3v) is 3.51. The molecule has 0 saturated carbocycles. The number of carbonyl (C=O) groups is 1. The summed E-state index contributed by atoms with van der Waals surface area (Å²) in [6, 6.07) is 12.3. The lowest BCUT2D eigenvalue weighted by atomic mass is 10.2. The fourth-order valence-corrected chi connectivity index (χ4v) is 2.28. The van der Waals surface area contributed by atoms with E-state index in [-0.39, 0.29) is 5.91 Å². The van der Waals surface area contributed by atoms with Crippen LogP contribution in [0, 0.1) is 0 Å². The van der Waals surface area contributed by atoms with Crippen molar-refractivity contribution in [1.29, 1.82) is 0 Å². The molecule has 2 aromatic carbocycles. The molecule has 0 saturated heterocycles. The van der Waals surface area contributed by atoms with E-state index in [4.69, 9.17) is 14.2 Å². The van der Waals surface area contributed by atoms with Crippen molar-refractivity contribution >= 4 is 12.1 Å². The molecule has 2 aromatic rings. The number of hydrazone groups is 1. The summed E-state index contributed by atoms with van der Waals surface area (Å²) in [4.78, 5) is 12.4. The molecule has 1 N–H and O–H groups in total. The predicted octanol–water partition coefficient (Wildman–Crippen LogP) is 3.98. The van der Waals surface area contributed by atoms with Gasteiger partial charge in [-0.2, -0.15) is 5.10 Å². The molecule has 0 aliphatic rings. The molecule has 28 heavy (non-hydrogen) atoms. The first kappa shape index (κ1) is 20.8. The van der Waals surface area contributed by atoms with Gasteiger partial charge in [-0.3, -0.25) is 4.79 Å². The van der Waals surface area contributed by atoms with Gasteiger partial charge in [0.1, 0.15) is 19.0 Å². The monoisotopic (exact) mass is 380 g/mol. The number of hydrogen-bond donors (Lipinski definition) is 1. The van der Waals surface area contributed by atoms with E-state index < -0.39 is 0 Å². The molecule has 2 rings (SSSR count). The maximum Gasteiger partial charge on any atom is 0.271 e. The number of ether oxygens (including phenoxy) is 3. The molecule has 1 amide bonds. The van der Waals surface area contributed by atoms with Crippen LogP contribution in [-0.4, -0.2) is 31.9 Å². The third-order valence-electron chi connectivity index (χ3n) is 3.51. The maximum atomic E-state index is 12.4. The normalized spacial score (nSPS) is 10.3. The Bertz CT molecular complexity index is 846. The minimum atomic E-state index is -0.364. The highest BCUT2D eigenvalue weighted by Crippen LogP contribution is 2.28. The third kappa shape index (κ3) is 6.02. The van der Waals surface area contributed by atoms with Gasteiger partial charge in [0.2, 0.25) is 0 Å². The summed E-state index contributed by atoms with van der Waals surface area (Å²) < 4.78 is 16.6. The Morgan fingerprint density at radius 2 is 1.71 bits per heavy atom. The topological polar surface area (TPSA) is 69.2 Å². The molecule has 0 fully saturated rings. The summed E-state index contributed by atoms with van der Waals surface area (Å²) >= 11 is 0. The second kappa shape index (κ2) is 11.2. The first-order chi connectivity index (χ1) is 13.7. The first-order valence-electron chi connectivity index (χ1n) is 8.86. The molecule has 0 spiro atoms. The lowest BCUT2D eigenvalue weighted by Gasteiger charge is -2.12. The van der Waals surface area contributed by atoms with Crippen LogP contribution in [-0.2, 0) is 0 Å². The molecule has 0 bridgehead atoms. The number of rotatable bonds is 11. The van der Waals surface area contributed by atoms with Crippen LogP contribution < -0.4 is 19.6 Å². The SMILES string of the molecule is C=CCOc1ccccc1/C=N/NC(=O)c1ccc(OCC=C)c(OCC)c1. The summed E-state index contributed by atoms with van der Waals surface area (Å²) in [5.74, 6) is 1.33. The van der Waals surface area contributed by atoms with Gasteiger partial charge in [-0.25, -0.2) is 5.43 Å². The number of nitrogens with zero attached hydrogens (tertiary/aromatic N) is 1. The predicted molar refractivity (Wildman–Crippen MR) is 110 cm³/mol. The molecule has 0 atom stereocenters. The van der Waals surface area contributed by atoms with Gasteiger partial charge in [-0.05, 0) is 37.3 Å². The highest BCUT2D eigenvalue weighted by Gasteiger charge is 2.11. The second-order valence-corrected chi connectivity index (χ2v) is 5.53. The summed E-state index contributed by atoms with van der Waals surface area (Å²) in [7, 11) is 0. The van der Waals surface area contributed by atoms with Crippen molar-refractivity contribution < 1.29 is 19.0 Å². The van der Waals surface area contributed by atoms with Crippen molar-refractivity contribution in [2.75, 3.05) is 19.8 Å². The van der Waals surface area contributed by atoms with E-state index in [1.54, 1.807) is 30.4 Å². The molecule has 0 unspecified atom stereocenters. The van der Waals surface area contributed by atoms with Gasteiger partial charge in [0, 0.05) is 11.1 Å². The summed E-state index contributed by atoms with van der Waals surface area (Å²) in [6.07, 6.45) is 4.83. The lowest BCUT2D eigenvalue weighted by Crippen LogP contribution is -2.18. The van der Waals surface area contributed by atoms with E-state index in [1.165, 1.54) is 6.21 Å². The van der Waals surface area contributed by atoms with E-state index in [0.29, 0.717) is 42.6 Å². The van der Waals surface area contributed by atoms with E-state index in [9.17, 15) is 4.79 Å². The van der Waals surface area contributed by atoms with Crippen molar-refractivity contribution in [3.8, 4) is 17.2 Å². The average molecular weight is 380 g/mol. The van der Waals surface area contributed by atoms with Crippen LogP contribution in [0.3, 0.4) is 0 Å². The Kier molecular flexibility index (Phi) is 8.33. The van der Waals surface area contributed by atoms with Crippen LogP contribution in [0.25, 0.3) is 0 Å². The molecule has 0 radical (unpaired) electrons. The van der Waals surface area contributed by atoms with Gasteiger partial charge >= 0.3 is 0 Å². The highest BCUT2D eigenvalue weighted by molar-refractivity contribution is 5.95. The van der Waals surface area contributed by atoms with Crippen LogP contribution >= 0.6 is 0 Å². The van der Waals surface area contributed by atoms with Gasteiger partial charge in [-0.1, -0.05) is 37.4 Å².